The summed E-state index contributed by atoms with van der Waals surface area (Å²) in [5.41, 5.74) is 0.830. The monoisotopic (exact) mass is 294 g/mol. The van der Waals surface area contributed by atoms with Crippen LogP contribution in [0.25, 0.3) is 0 Å². The van der Waals surface area contributed by atoms with Gasteiger partial charge in [-0.1, -0.05) is 13.8 Å². The van der Waals surface area contributed by atoms with Gasteiger partial charge >= 0.3 is 0 Å². The summed E-state index contributed by atoms with van der Waals surface area (Å²) in [7, 11) is -0.860. The maximum absolute atomic E-state index is 14.1. The Morgan fingerprint density at radius 1 is 1.45 bits per heavy atom. The molecule has 0 amide bonds. The molecular formula is C15H19FN2OS. The van der Waals surface area contributed by atoms with Gasteiger partial charge in [0.25, 0.3) is 0 Å². The van der Waals surface area contributed by atoms with Crippen LogP contribution >= 0.6 is 0 Å². The second kappa shape index (κ2) is 5.92. The number of hydrogen-bond donors (Lipinski definition) is 0. The zero-order chi connectivity index (χ0) is 14.8. The van der Waals surface area contributed by atoms with E-state index >= 15 is 0 Å². The predicted octanol–water partition coefficient (Wildman–Crippen LogP) is 2.82. The van der Waals surface area contributed by atoms with Gasteiger partial charge in [-0.15, -0.1) is 0 Å². The van der Waals surface area contributed by atoms with E-state index in [0.717, 1.165) is 12.8 Å². The number of nitriles is 1. The van der Waals surface area contributed by atoms with E-state index in [-0.39, 0.29) is 10.6 Å². The van der Waals surface area contributed by atoms with Gasteiger partial charge in [-0.25, -0.2) is 4.39 Å². The van der Waals surface area contributed by atoms with Crippen molar-refractivity contribution in [1.29, 1.82) is 5.26 Å². The Balaban J connectivity index is 2.31. The molecular weight excluding hydrogens is 275 g/mol. The number of halogens is 1. The van der Waals surface area contributed by atoms with Crippen LogP contribution in [0.3, 0.4) is 0 Å². The standard InChI is InChI=1S/C15H19FN2OS/c1-3-15(4-2)11-18(7-8-20(15)19)14-6-5-12(10-17)9-13(14)16/h5-6,9H,3-4,7-8,11H2,1-2H3. The molecule has 1 saturated heterocycles. The molecule has 0 bridgehead atoms. The van der Waals surface area contributed by atoms with Crippen LogP contribution in [0.15, 0.2) is 18.2 Å². The van der Waals surface area contributed by atoms with E-state index in [4.69, 9.17) is 5.26 Å². The summed E-state index contributed by atoms with van der Waals surface area (Å²) in [5.74, 6) is 0.194. The molecule has 0 aromatic heterocycles. The Morgan fingerprint density at radius 3 is 2.70 bits per heavy atom. The number of nitrogens with zero attached hydrogens (tertiary/aromatic N) is 2. The minimum atomic E-state index is -0.860. The minimum Gasteiger partial charge on any atom is -0.367 e. The third kappa shape index (κ3) is 2.57. The van der Waals surface area contributed by atoms with Gasteiger partial charge in [0.2, 0.25) is 0 Å². The molecule has 1 unspecified atom stereocenters. The van der Waals surface area contributed by atoms with Gasteiger partial charge < -0.3 is 4.90 Å². The second-order valence-electron chi connectivity index (χ2n) is 5.14. The van der Waals surface area contributed by atoms with Gasteiger partial charge in [0.05, 0.1) is 22.1 Å². The summed E-state index contributed by atoms with van der Waals surface area (Å²) in [5, 5.41) is 8.79. The van der Waals surface area contributed by atoms with E-state index in [9.17, 15) is 8.60 Å². The molecule has 0 saturated carbocycles. The van der Waals surface area contributed by atoms with Crippen LogP contribution in [0.4, 0.5) is 10.1 Å². The lowest BCUT2D eigenvalue weighted by atomic mass is 10.0. The number of anilines is 1. The SMILES string of the molecule is CCC1(CC)CN(c2ccc(C#N)cc2F)CCS1=O. The molecule has 1 atom stereocenters. The quantitative estimate of drug-likeness (QED) is 0.861. The predicted molar refractivity (Wildman–Crippen MR) is 79.7 cm³/mol. The van der Waals surface area contributed by atoms with Crippen molar-refractivity contribution < 1.29 is 8.60 Å². The highest BCUT2D eigenvalue weighted by atomic mass is 32.2. The number of rotatable bonds is 3. The smallest absolute Gasteiger partial charge is 0.147 e. The Bertz CT molecular complexity index is 563. The van der Waals surface area contributed by atoms with Crippen molar-refractivity contribution in [3.8, 4) is 6.07 Å². The third-order valence-electron chi connectivity index (χ3n) is 4.21. The molecule has 0 aliphatic carbocycles. The van der Waals surface area contributed by atoms with E-state index in [0.29, 0.717) is 30.1 Å². The fourth-order valence-corrected chi connectivity index (χ4v) is 4.51. The van der Waals surface area contributed by atoms with Crippen molar-refractivity contribution >= 4 is 16.5 Å². The summed E-state index contributed by atoms with van der Waals surface area (Å²) in [4.78, 5) is 1.96. The second-order valence-corrected chi connectivity index (χ2v) is 7.10. The molecule has 108 valence electrons. The van der Waals surface area contributed by atoms with E-state index < -0.39 is 10.8 Å². The molecule has 2 rings (SSSR count). The Hall–Kier alpha value is -1.41. The lowest BCUT2D eigenvalue weighted by molar-refractivity contribution is 0.491. The summed E-state index contributed by atoms with van der Waals surface area (Å²) in [6, 6.07) is 6.48. The van der Waals surface area contributed by atoms with Gasteiger partial charge in [0.1, 0.15) is 5.82 Å². The molecule has 1 heterocycles. The maximum atomic E-state index is 14.1. The largest absolute Gasteiger partial charge is 0.367 e. The van der Waals surface area contributed by atoms with E-state index in [1.807, 2.05) is 24.8 Å². The first-order valence-corrected chi connectivity index (χ1v) is 8.21. The van der Waals surface area contributed by atoms with Gasteiger partial charge in [-0.05, 0) is 31.0 Å². The average Bonchev–Trinajstić information content (AvgIpc) is 2.48. The first-order valence-electron chi connectivity index (χ1n) is 6.89. The van der Waals surface area contributed by atoms with Crippen LogP contribution in [0.2, 0.25) is 0 Å². The molecule has 1 aromatic carbocycles. The summed E-state index contributed by atoms with van der Waals surface area (Å²) in [6.45, 7) is 5.28. The molecule has 5 heteroatoms. The topological polar surface area (TPSA) is 44.1 Å². The average molecular weight is 294 g/mol. The van der Waals surface area contributed by atoms with E-state index in [1.165, 1.54) is 6.07 Å². The lowest BCUT2D eigenvalue weighted by Gasteiger charge is -2.42. The normalized spacial score (nSPS) is 21.5. The van der Waals surface area contributed by atoms with Gasteiger partial charge in [-0.3, -0.25) is 4.21 Å². The van der Waals surface area contributed by atoms with Crippen LogP contribution in [0, 0.1) is 17.1 Å². The minimum absolute atomic E-state index is 0.251. The van der Waals surface area contributed by atoms with Crippen molar-refractivity contribution in [3.63, 3.8) is 0 Å². The molecule has 1 fully saturated rings. The summed E-state index contributed by atoms with van der Waals surface area (Å²) < 4.78 is 26.1. The Morgan fingerprint density at radius 2 is 2.15 bits per heavy atom. The fourth-order valence-electron chi connectivity index (χ4n) is 2.74. The van der Waals surface area contributed by atoms with E-state index in [2.05, 4.69) is 0 Å². The lowest BCUT2D eigenvalue weighted by Crippen LogP contribution is -2.53. The number of benzene rings is 1. The van der Waals surface area contributed by atoms with Crippen LogP contribution in [-0.4, -0.2) is 27.8 Å². The summed E-state index contributed by atoms with van der Waals surface area (Å²) in [6.07, 6.45) is 1.65. The molecule has 0 radical (unpaired) electrons. The van der Waals surface area contributed by atoms with Crippen molar-refractivity contribution in [3.05, 3.63) is 29.6 Å². The highest BCUT2D eigenvalue weighted by molar-refractivity contribution is 7.86. The van der Waals surface area contributed by atoms with Crippen LogP contribution in [0.5, 0.6) is 0 Å². The Labute approximate surface area is 121 Å². The van der Waals surface area contributed by atoms with Gasteiger partial charge in [0.15, 0.2) is 0 Å². The van der Waals surface area contributed by atoms with Crippen LogP contribution in [-0.2, 0) is 10.8 Å². The molecule has 0 N–H and O–H groups in total. The summed E-state index contributed by atoms with van der Waals surface area (Å²) >= 11 is 0. The molecule has 1 aliphatic heterocycles. The zero-order valence-electron chi connectivity index (χ0n) is 11.9. The molecule has 1 aromatic rings. The molecule has 3 nitrogen and oxygen atoms in total. The first kappa shape index (κ1) is 15.0. The van der Waals surface area contributed by atoms with Gasteiger partial charge in [-0.2, -0.15) is 5.26 Å². The highest BCUT2D eigenvalue weighted by Gasteiger charge is 2.39. The van der Waals surface area contributed by atoms with Crippen molar-refractivity contribution in [2.24, 2.45) is 0 Å². The zero-order valence-corrected chi connectivity index (χ0v) is 12.7. The van der Waals surface area contributed by atoms with Crippen LogP contribution in [0.1, 0.15) is 32.3 Å². The maximum Gasteiger partial charge on any atom is 0.147 e. The fraction of sp³-hybridized carbons (Fsp3) is 0.533. The molecule has 20 heavy (non-hydrogen) atoms. The van der Waals surface area contributed by atoms with E-state index in [1.54, 1.807) is 12.1 Å². The number of hydrogen-bond acceptors (Lipinski definition) is 3. The van der Waals surface area contributed by atoms with Gasteiger partial charge in [0, 0.05) is 29.6 Å². The molecule has 1 aliphatic rings. The van der Waals surface area contributed by atoms with Crippen molar-refractivity contribution in [2.45, 2.75) is 31.4 Å². The van der Waals surface area contributed by atoms with Crippen molar-refractivity contribution in [1.82, 2.24) is 0 Å². The third-order valence-corrected chi connectivity index (χ3v) is 6.44. The molecule has 0 spiro atoms. The van der Waals surface area contributed by atoms with Crippen LogP contribution < -0.4 is 4.90 Å². The van der Waals surface area contributed by atoms with Crippen molar-refractivity contribution in [2.75, 3.05) is 23.7 Å². The highest BCUT2D eigenvalue weighted by Crippen LogP contribution is 2.32. The first-order chi connectivity index (χ1) is 9.56. The Kier molecular flexibility index (Phi) is 4.44.